The number of halogens is 3. The lowest BCUT2D eigenvalue weighted by molar-refractivity contribution is -0.137. The minimum absolute atomic E-state index is 0.0177. The molecule has 2 aromatic rings. The number of alkyl halides is 3. The number of carbonyl (C=O) groups excluding carboxylic acids is 2. The molecule has 2 aromatic carbocycles. The third-order valence-corrected chi connectivity index (χ3v) is 4.21. The maximum Gasteiger partial charge on any atom is 0.416 e. The molecule has 1 aliphatic rings. The molecule has 148 valence electrons. The summed E-state index contributed by atoms with van der Waals surface area (Å²) < 4.78 is 38.2. The van der Waals surface area contributed by atoms with Gasteiger partial charge in [0.25, 0.3) is 0 Å². The largest absolute Gasteiger partial charge is 0.416 e. The Hall–Kier alpha value is -3.07. The monoisotopic (exact) mass is 392 g/mol. The second-order valence-electron chi connectivity index (χ2n) is 6.38. The van der Waals surface area contributed by atoms with Crippen LogP contribution in [0.15, 0.2) is 48.5 Å². The van der Waals surface area contributed by atoms with Crippen molar-refractivity contribution in [2.24, 2.45) is 0 Å². The predicted octanol–water partition coefficient (Wildman–Crippen LogP) is 4.04. The van der Waals surface area contributed by atoms with E-state index < -0.39 is 17.8 Å². The van der Waals surface area contributed by atoms with Gasteiger partial charge in [0.1, 0.15) is 0 Å². The first-order chi connectivity index (χ1) is 13.3. The lowest BCUT2D eigenvalue weighted by Gasteiger charge is -2.13. The first-order valence-electron chi connectivity index (χ1n) is 8.71. The van der Waals surface area contributed by atoms with Crippen LogP contribution < -0.4 is 21.3 Å². The Morgan fingerprint density at radius 2 is 1.54 bits per heavy atom. The zero-order valence-corrected chi connectivity index (χ0v) is 14.8. The van der Waals surface area contributed by atoms with Crippen molar-refractivity contribution in [2.75, 3.05) is 22.5 Å². The van der Waals surface area contributed by atoms with E-state index in [4.69, 9.17) is 0 Å². The number of benzene rings is 2. The minimum Gasteiger partial charge on any atom is -0.325 e. The summed E-state index contributed by atoms with van der Waals surface area (Å²) in [5.41, 5.74) is 0.0665. The third-order valence-electron chi connectivity index (χ3n) is 4.21. The number of nitrogens with one attached hydrogen (secondary N) is 4. The van der Waals surface area contributed by atoms with E-state index in [9.17, 15) is 22.8 Å². The highest BCUT2D eigenvalue weighted by molar-refractivity contribution is 6.01. The van der Waals surface area contributed by atoms with Crippen LogP contribution in [0.3, 0.4) is 0 Å². The molecule has 3 rings (SSSR count). The zero-order chi connectivity index (χ0) is 20.1. The SMILES string of the molecule is O=C(Nc1cccc(NC(=O)C2CCCN2)c1)Nc1cccc(C(F)(F)F)c1. The Bertz CT molecular complexity index is 864. The van der Waals surface area contributed by atoms with Gasteiger partial charge in [0.05, 0.1) is 11.6 Å². The van der Waals surface area contributed by atoms with Gasteiger partial charge in [-0.25, -0.2) is 4.79 Å². The number of hydrogen-bond donors (Lipinski definition) is 4. The summed E-state index contributed by atoms with van der Waals surface area (Å²) >= 11 is 0. The molecule has 6 nitrogen and oxygen atoms in total. The molecule has 9 heteroatoms. The molecule has 0 aliphatic carbocycles. The smallest absolute Gasteiger partial charge is 0.325 e. The molecular formula is C19H19F3N4O2. The van der Waals surface area contributed by atoms with Gasteiger partial charge in [-0.05, 0) is 55.8 Å². The Kier molecular flexibility index (Phi) is 5.84. The van der Waals surface area contributed by atoms with Gasteiger partial charge in [-0.1, -0.05) is 12.1 Å². The summed E-state index contributed by atoms with van der Waals surface area (Å²) in [6.07, 6.45) is -2.78. The van der Waals surface area contributed by atoms with Crippen LogP contribution in [0.25, 0.3) is 0 Å². The number of hydrogen-bond acceptors (Lipinski definition) is 3. The van der Waals surface area contributed by atoms with Crippen molar-refractivity contribution in [2.45, 2.75) is 25.1 Å². The lowest BCUT2D eigenvalue weighted by atomic mass is 10.2. The zero-order valence-electron chi connectivity index (χ0n) is 14.8. The normalized spacial score (nSPS) is 16.5. The van der Waals surface area contributed by atoms with Gasteiger partial charge in [0.2, 0.25) is 5.91 Å². The highest BCUT2D eigenvalue weighted by Crippen LogP contribution is 2.30. The van der Waals surface area contributed by atoms with E-state index in [1.807, 2.05) is 0 Å². The summed E-state index contributed by atoms with van der Waals surface area (Å²) in [5.74, 6) is -0.150. The number of carbonyl (C=O) groups is 2. The van der Waals surface area contributed by atoms with Gasteiger partial charge in [-0.3, -0.25) is 4.79 Å². The van der Waals surface area contributed by atoms with Crippen molar-refractivity contribution in [3.05, 3.63) is 54.1 Å². The Labute approximate surface area is 159 Å². The van der Waals surface area contributed by atoms with Crippen LogP contribution in [0.2, 0.25) is 0 Å². The van der Waals surface area contributed by atoms with Crippen LogP contribution in [-0.4, -0.2) is 24.5 Å². The molecule has 0 bridgehead atoms. The minimum atomic E-state index is -4.49. The van der Waals surface area contributed by atoms with Gasteiger partial charge in [-0.2, -0.15) is 13.2 Å². The molecule has 4 N–H and O–H groups in total. The van der Waals surface area contributed by atoms with Gasteiger partial charge in [0, 0.05) is 17.1 Å². The van der Waals surface area contributed by atoms with Crippen molar-refractivity contribution in [1.29, 1.82) is 0 Å². The summed E-state index contributed by atoms with van der Waals surface area (Å²) in [5, 5.41) is 10.8. The average Bonchev–Trinajstić information content (AvgIpc) is 3.16. The van der Waals surface area contributed by atoms with Crippen molar-refractivity contribution in [3.63, 3.8) is 0 Å². The summed E-state index contributed by atoms with van der Waals surface area (Å²) in [6, 6.07) is 9.93. The molecule has 1 saturated heterocycles. The number of anilines is 3. The molecule has 1 aliphatic heterocycles. The van der Waals surface area contributed by atoms with Crippen LogP contribution in [0.1, 0.15) is 18.4 Å². The maximum atomic E-state index is 12.7. The van der Waals surface area contributed by atoms with Gasteiger partial charge in [-0.15, -0.1) is 0 Å². The second kappa shape index (κ2) is 8.30. The van der Waals surface area contributed by atoms with Crippen molar-refractivity contribution >= 4 is 29.0 Å². The Morgan fingerprint density at radius 3 is 2.14 bits per heavy atom. The van der Waals surface area contributed by atoms with Crippen molar-refractivity contribution < 1.29 is 22.8 Å². The predicted molar refractivity (Wildman–Crippen MR) is 100 cm³/mol. The molecule has 1 fully saturated rings. The highest BCUT2D eigenvalue weighted by atomic mass is 19.4. The van der Waals surface area contributed by atoms with Gasteiger partial charge < -0.3 is 21.3 Å². The molecule has 3 amide bonds. The van der Waals surface area contributed by atoms with Crippen molar-refractivity contribution in [3.8, 4) is 0 Å². The molecule has 0 saturated carbocycles. The van der Waals surface area contributed by atoms with E-state index in [-0.39, 0.29) is 17.6 Å². The fourth-order valence-electron chi connectivity index (χ4n) is 2.88. The van der Waals surface area contributed by atoms with Crippen molar-refractivity contribution in [1.82, 2.24) is 5.32 Å². The second-order valence-corrected chi connectivity index (χ2v) is 6.38. The van der Waals surface area contributed by atoms with E-state index in [1.165, 1.54) is 12.1 Å². The fraction of sp³-hybridized carbons (Fsp3) is 0.263. The van der Waals surface area contributed by atoms with E-state index in [0.717, 1.165) is 31.5 Å². The van der Waals surface area contributed by atoms with E-state index >= 15 is 0 Å². The van der Waals surface area contributed by atoms with Gasteiger partial charge in [0.15, 0.2) is 0 Å². The molecule has 0 spiro atoms. The molecular weight excluding hydrogens is 373 g/mol. The molecule has 0 radical (unpaired) electrons. The van der Waals surface area contributed by atoms with E-state index in [0.29, 0.717) is 11.4 Å². The Balaban J connectivity index is 1.60. The van der Waals surface area contributed by atoms with E-state index in [2.05, 4.69) is 21.3 Å². The first kappa shape index (κ1) is 19.7. The maximum absolute atomic E-state index is 12.7. The van der Waals surface area contributed by atoms with Gasteiger partial charge >= 0.3 is 12.2 Å². The molecule has 28 heavy (non-hydrogen) atoms. The fourth-order valence-corrected chi connectivity index (χ4v) is 2.88. The van der Waals surface area contributed by atoms with Crippen LogP contribution in [0.4, 0.5) is 35.0 Å². The topological polar surface area (TPSA) is 82.3 Å². The first-order valence-corrected chi connectivity index (χ1v) is 8.71. The summed E-state index contributed by atoms with van der Waals surface area (Å²) in [6.45, 7) is 0.801. The lowest BCUT2D eigenvalue weighted by Crippen LogP contribution is -2.35. The highest BCUT2D eigenvalue weighted by Gasteiger charge is 2.30. The third kappa shape index (κ3) is 5.23. The van der Waals surface area contributed by atoms with Crippen LogP contribution in [0.5, 0.6) is 0 Å². The average molecular weight is 392 g/mol. The molecule has 1 heterocycles. The quantitative estimate of drug-likeness (QED) is 0.634. The van der Waals surface area contributed by atoms with E-state index in [1.54, 1.807) is 24.3 Å². The summed E-state index contributed by atoms with van der Waals surface area (Å²) in [4.78, 5) is 24.2. The molecule has 1 unspecified atom stereocenters. The number of urea groups is 1. The summed E-state index contributed by atoms with van der Waals surface area (Å²) in [7, 11) is 0. The van der Waals surface area contributed by atoms with Crippen LogP contribution in [0, 0.1) is 0 Å². The Morgan fingerprint density at radius 1 is 0.929 bits per heavy atom. The standard InChI is InChI=1S/C19H19F3N4O2/c20-19(21,22)12-4-1-5-13(10-12)25-18(28)26-15-7-2-6-14(11-15)24-17(27)16-8-3-9-23-16/h1-2,4-7,10-11,16,23H,3,8-9H2,(H,24,27)(H2,25,26,28). The molecule has 0 aromatic heterocycles. The molecule has 1 atom stereocenters. The van der Waals surface area contributed by atoms with Crippen LogP contribution in [-0.2, 0) is 11.0 Å². The van der Waals surface area contributed by atoms with Crippen LogP contribution >= 0.6 is 0 Å². The number of rotatable bonds is 4. The number of amides is 3.